The second-order valence-electron chi connectivity index (χ2n) is 6.70. The van der Waals surface area contributed by atoms with Gasteiger partial charge in [0, 0.05) is 22.0 Å². The normalized spacial score (nSPS) is 14.8. The summed E-state index contributed by atoms with van der Waals surface area (Å²) in [5.74, 6) is -1.09. The number of carboxylic acids is 1. The highest BCUT2D eigenvalue weighted by atomic mass is 35.5. The van der Waals surface area contributed by atoms with Crippen molar-refractivity contribution in [2.24, 2.45) is 0 Å². The van der Waals surface area contributed by atoms with Gasteiger partial charge in [0.25, 0.3) is 5.56 Å². The molecule has 3 aromatic rings. The van der Waals surface area contributed by atoms with Crippen molar-refractivity contribution in [2.75, 3.05) is 0 Å². The van der Waals surface area contributed by atoms with E-state index >= 15 is 0 Å². The molecule has 1 heterocycles. The molecule has 0 unspecified atom stereocenters. The van der Waals surface area contributed by atoms with E-state index in [9.17, 15) is 14.7 Å². The molecule has 0 radical (unpaired) electrons. The van der Waals surface area contributed by atoms with Gasteiger partial charge >= 0.3 is 5.97 Å². The second-order valence-corrected chi connectivity index (χ2v) is 7.13. The predicted octanol–water partition coefficient (Wildman–Crippen LogP) is 5.14. The second kappa shape index (κ2) is 6.61. The van der Waals surface area contributed by atoms with Gasteiger partial charge in [-0.2, -0.15) is 0 Å². The molecule has 4 rings (SSSR count). The molecule has 1 saturated carbocycles. The van der Waals surface area contributed by atoms with Gasteiger partial charge in [0.05, 0.1) is 0 Å². The van der Waals surface area contributed by atoms with Crippen LogP contribution in [0.25, 0.3) is 21.9 Å². The third-order valence-corrected chi connectivity index (χ3v) is 5.37. The largest absolute Gasteiger partial charge is 0.477 e. The Bertz CT molecular complexity index is 1050. The van der Waals surface area contributed by atoms with E-state index in [2.05, 4.69) is 0 Å². The summed E-state index contributed by atoms with van der Waals surface area (Å²) in [6, 6.07) is 14.3. The number of aromatic carboxylic acids is 1. The van der Waals surface area contributed by atoms with Crippen LogP contribution >= 0.6 is 11.6 Å². The molecule has 0 spiro atoms. The fourth-order valence-electron chi connectivity index (χ4n) is 4.01. The summed E-state index contributed by atoms with van der Waals surface area (Å²) in [4.78, 5) is 25.5. The Kier molecular flexibility index (Phi) is 4.29. The highest BCUT2D eigenvalue weighted by Crippen LogP contribution is 2.36. The molecule has 0 atom stereocenters. The quantitative estimate of drug-likeness (QED) is 0.697. The molecule has 0 amide bonds. The standard InChI is InChI=1S/C21H18ClNO3/c22-14-10-11-16-17(12-14)18(13-6-2-1-3-7-13)19(21(25)26)23(20(16)24)15-8-4-5-9-15/h1-3,6-7,10-12,15H,4-5,8-9H2,(H,25,26). The summed E-state index contributed by atoms with van der Waals surface area (Å²) in [6.07, 6.45) is 3.67. The molecule has 4 nitrogen and oxygen atoms in total. The maximum atomic E-state index is 13.2. The lowest BCUT2D eigenvalue weighted by molar-refractivity contribution is 0.0682. The minimum Gasteiger partial charge on any atom is -0.477 e. The molecule has 0 bridgehead atoms. The average Bonchev–Trinajstić information content (AvgIpc) is 3.16. The number of carbonyl (C=O) groups is 1. The SMILES string of the molecule is O=C(O)c1c(-c2ccccc2)c2cc(Cl)ccc2c(=O)n1C1CCCC1. The zero-order valence-electron chi connectivity index (χ0n) is 14.1. The first-order valence-electron chi connectivity index (χ1n) is 8.74. The van der Waals surface area contributed by atoms with Gasteiger partial charge in [-0.25, -0.2) is 4.79 Å². The molecule has 0 saturated heterocycles. The van der Waals surface area contributed by atoms with Gasteiger partial charge in [0.15, 0.2) is 0 Å². The van der Waals surface area contributed by atoms with Crippen LogP contribution in [-0.2, 0) is 0 Å². The Labute approximate surface area is 155 Å². The predicted molar refractivity (Wildman–Crippen MR) is 103 cm³/mol. The van der Waals surface area contributed by atoms with Crippen LogP contribution in [0.2, 0.25) is 5.02 Å². The van der Waals surface area contributed by atoms with E-state index < -0.39 is 5.97 Å². The van der Waals surface area contributed by atoms with Crippen LogP contribution in [0.4, 0.5) is 0 Å². The van der Waals surface area contributed by atoms with E-state index in [0.717, 1.165) is 31.2 Å². The van der Waals surface area contributed by atoms with Crippen LogP contribution in [-0.4, -0.2) is 15.6 Å². The van der Waals surface area contributed by atoms with Crippen LogP contribution in [0.1, 0.15) is 42.2 Å². The van der Waals surface area contributed by atoms with E-state index in [0.29, 0.717) is 21.4 Å². The lowest BCUT2D eigenvalue weighted by Crippen LogP contribution is -2.30. The van der Waals surface area contributed by atoms with Crippen LogP contribution in [0.5, 0.6) is 0 Å². The minimum absolute atomic E-state index is 0.0582. The van der Waals surface area contributed by atoms with Crippen molar-refractivity contribution in [3.8, 4) is 11.1 Å². The van der Waals surface area contributed by atoms with Crippen molar-refractivity contribution in [1.29, 1.82) is 0 Å². The number of rotatable bonds is 3. The zero-order chi connectivity index (χ0) is 18.3. The molecule has 1 fully saturated rings. The van der Waals surface area contributed by atoms with Gasteiger partial charge in [-0.1, -0.05) is 54.8 Å². The lowest BCUT2D eigenvalue weighted by atomic mass is 9.96. The first kappa shape index (κ1) is 16.9. The summed E-state index contributed by atoms with van der Waals surface area (Å²) in [5.41, 5.74) is 1.13. The van der Waals surface area contributed by atoms with Crippen LogP contribution in [0.3, 0.4) is 0 Å². The molecular formula is C21H18ClNO3. The summed E-state index contributed by atoms with van der Waals surface area (Å²) in [5, 5.41) is 11.6. The Morgan fingerprint density at radius 1 is 1.04 bits per heavy atom. The van der Waals surface area contributed by atoms with Crippen molar-refractivity contribution in [3.05, 3.63) is 69.6 Å². The van der Waals surface area contributed by atoms with E-state index in [4.69, 9.17) is 11.6 Å². The molecule has 5 heteroatoms. The number of benzene rings is 2. The molecule has 132 valence electrons. The number of fused-ring (bicyclic) bond motifs is 1. The molecule has 26 heavy (non-hydrogen) atoms. The number of carboxylic acid groups (broad SMARTS) is 1. The van der Waals surface area contributed by atoms with Crippen molar-refractivity contribution in [1.82, 2.24) is 4.57 Å². The number of hydrogen-bond acceptors (Lipinski definition) is 2. The van der Waals surface area contributed by atoms with Crippen molar-refractivity contribution >= 4 is 28.3 Å². The van der Waals surface area contributed by atoms with Crippen molar-refractivity contribution in [2.45, 2.75) is 31.7 Å². The maximum Gasteiger partial charge on any atom is 0.353 e. The molecule has 1 aromatic heterocycles. The first-order valence-corrected chi connectivity index (χ1v) is 9.12. The number of aromatic nitrogens is 1. The van der Waals surface area contributed by atoms with E-state index in [1.807, 2.05) is 30.3 Å². The number of hydrogen-bond donors (Lipinski definition) is 1. The van der Waals surface area contributed by atoms with Gasteiger partial charge in [0.2, 0.25) is 0 Å². The van der Waals surface area contributed by atoms with E-state index in [-0.39, 0.29) is 17.3 Å². The third-order valence-electron chi connectivity index (χ3n) is 5.13. The number of pyridine rings is 1. The average molecular weight is 368 g/mol. The molecule has 0 aliphatic heterocycles. The molecular weight excluding hydrogens is 350 g/mol. The van der Waals surface area contributed by atoms with Gasteiger partial charge < -0.3 is 5.11 Å². The first-order chi connectivity index (χ1) is 12.6. The molecule has 1 aliphatic carbocycles. The Balaban J connectivity index is 2.19. The van der Waals surface area contributed by atoms with Gasteiger partial charge in [0.1, 0.15) is 5.69 Å². The Morgan fingerprint density at radius 2 is 1.73 bits per heavy atom. The summed E-state index contributed by atoms with van der Waals surface area (Å²) in [7, 11) is 0. The number of halogens is 1. The minimum atomic E-state index is -1.09. The van der Waals surface area contributed by atoms with Crippen LogP contribution in [0, 0.1) is 0 Å². The van der Waals surface area contributed by atoms with Gasteiger partial charge in [-0.15, -0.1) is 0 Å². The summed E-state index contributed by atoms with van der Waals surface area (Å²) in [6.45, 7) is 0. The lowest BCUT2D eigenvalue weighted by Gasteiger charge is -2.22. The van der Waals surface area contributed by atoms with E-state index in [1.165, 1.54) is 4.57 Å². The van der Waals surface area contributed by atoms with Gasteiger partial charge in [-0.05, 0) is 42.0 Å². The van der Waals surface area contributed by atoms with Crippen LogP contribution < -0.4 is 5.56 Å². The smallest absolute Gasteiger partial charge is 0.353 e. The Morgan fingerprint density at radius 3 is 2.38 bits per heavy atom. The van der Waals surface area contributed by atoms with E-state index in [1.54, 1.807) is 18.2 Å². The fraction of sp³-hybridized carbons (Fsp3) is 0.238. The molecule has 1 aliphatic rings. The van der Waals surface area contributed by atoms with Crippen LogP contribution in [0.15, 0.2) is 53.3 Å². The topological polar surface area (TPSA) is 59.3 Å². The monoisotopic (exact) mass is 367 g/mol. The molecule has 2 aromatic carbocycles. The summed E-state index contributed by atoms with van der Waals surface area (Å²) < 4.78 is 1.51. The Hall–Kier alpha value is -2.59. The molecule has 1 N–H and O–H groups in total. The number of nitrogens with zero attached hydrogens (tertiary/aromatic N) is 1. The fourth-order valence-corrected chi connectivity index (χ4v) is 4.18. The highest BCUT2D eigenvalue weighted by Gasteiger charge is 2.28. The third kappa shape index (κ3) is 2.71. The maximum absolute atomic E-state index is 13.2. The summed E-state index contributed by atoms with van der Waals surface area (Å²) >= 11 is 6.17. The van der Waals surface area contributed by atoms with Crippen molar-refractivity contribution in [3.63, 3.8) is 0 Å². The van der Waals surface area contributed by atoms with Gasteiger partial charge in [-0.3, -0.25) is 9.36 Å². The highest BCUT2D eigenvalue weighted by molar-refractivity contribution is 6.31. The van der Waals surface area contributed by atoms with Crippen molar-refractivity contribution < 1.29 is 9.90 Å². The zero-order valence-corrected chi connectivity index (χ0v) is 14.9.